The Kier molecular flexibility index (Phi) is 4.41. The third kappa shape index (κ3) is 3.13. The zero-order valence-electron chi connectivity index (χ0n) is 10.3. The number of hydrogen-bond acceptors (Lipinski definition) is 4. The first kappa shape index (κ1) is 12.7. The molecule has 0 saturated carbocycles. The monoisotopic (exact) mass is 250 g/mol. The third-order valence-corrected chi connectivity index (χ3v) is 2.80. The second-order valence-electron chi connectivity index (χ2n) is 4.14. The van der Waals surface area contributed by atoms with E-state index in [0.29, 0.717) is 25.9 Å². The number of carbonyl (C=O) groups excluding carboxylic acids is 1. The van der Waals surface area contributed by atoms with Gasteiger partial charge in [0, 0.05) is 13.0 Å². The minimum absolute atomic E-state index is 0.0416. The van der Waals surface area contributed by atoms with Crippen molar-refractivity contribution in [3.8, 4) is 11.5 Å². The standard InChI is InChI=1S/C13H18N2O3/c14-7-2-8-15-12(16)6-5-10-3-1-4-11-13(10)18-9-17-11/h1,3-4H,2,5-9,14H2,(H,15,16). The molecule has 1 aromatic rings. The molecule has 0 fully saturated rings. The summed E-state index contributed by atoms with van der Waals surface area (Å²) in [6.45, 7) is 1.49. The zero-order valence-corrected chi connectivity index (χ0v) is 10.3. The summed E-state index contributed by atoms with van der Waals surface area (Å²) in [5, 5.41) is 2.83. The maximum Gasteiger partial charge on any atom is 0.231 e. The van der Waals surface area contributed by atoms with Crippen molar-refractivity contribution in [3.05, 3.63) is 23.8 Å². The maximum absolute atomic E-state index is 11.6. The van der Waals surface area contributed by atoms with Gasteiger partial charge >= 0.3 is 0 Å². The number of hydrogen-bond donors (Lipinski definition) is 2. The van der Waals surface area contributed by atoms with E-state index in [2.05, 4.69) is 5.32 Å². The van der Waals surface area contributed by atoms with Crippen LogP contribution >= 0.6 is 0 Å². The van der Waals surface area contributed by atoms with E-state index in [-0.39, 0.29) is 12.7 Å². The summed E-state index contributed by atoms with van der Waals surface area (Å²) in [4.78, 5) is 11.6. The van der Waals surface area contributed by atoms with Gasteiger partial charge in [-0.2, -0.15) is 0 Å². The fourth-order valence-electron chi connectivity index (χ4n) is 1.85. The van der Waals surface area contributed by atoms with Crippen LogP contribution in [-0.2, 0) is 11.2 Å². The summed E-state index contributed by atoms with van der Waals surface area (Å²) in [5.41, 5.74) is 6.37. The molecule has 0 bridgehead atoms. The Bertz CT molecular complexity index is 421. The first-order valence-electron chi connectivity index (χ1n) is 6.15. The normalized spacial score (nSPS) is 12.5. The van der Waals surface area contributed by atoms with Gasteiger partial charge in [-0.3, -0.25) is 4.79 Å². The smallest absolute Gasteiger partial charge is 0.231 e. The first-order chi connectivity index (χ1) is 8.81. The molecule has 3 N–H and O–H groups in total. The van der Waals surface area contributed by atoms with Gasteiger partial charge in [0.2, 0.25) is 12.7 Å². The lowest BCUT2D eigenvalue weighted by Crippen LogP contribution is -2.26. The summed E-state index contributed by atoms with van der Waals surface area (Å²) >= 11 is 0. The number of nitrogens with one attached hydrogen (secondary N) is 1. The fraction of sp³-hybridized carbons (Fsp3) is 0.462. The molecule has 0 aromatic heterocycles. The fourth-order valence-corrected chi connectivity index (χ4v) is 1.85. The quantitative estimate of drug-likeness (QED) is 0.733. The van der Waals surface area contributed by atoms with Crippen LogP contribution in [0.3, 0.4) is 0 Å². The molecule has 1 aromatic carbocycles. The van der Waals surface area contributed by atoms with Gasteiger partial charge in [-0.1, -0.05) is 12.1 Å². The molecular formula is C13H18N2O3. The Morgan fingerprint density at radius 3 is 3.11 bits per heavy atom. The van der Waals surface area contributed by atoms with Gasteiger partial charge < -0.3 is 20.5 Å². The van der Waals surface area contributed by atoms with E-state index in [1.54, 1.807) is 0 Å². The van der Waals surface area contributed by atoms with Crippen molar-refractivity contribution in [2.75, 3.05) is 19.9 Å². The summed E-state index contributed by atoms with van der Waals surface area (Å²) < 4.78 is 10.7. The number of nitrogens with two attached hydrogens (primary N) is 1. The number of carbonyl (C=O) groups is 1. The van der Waals surface area contributed by atoms with E-state index in [4.69, 9.17) is 15.2 Å². The highest BCUT2D eigenvalue weighted by Crippen LogP contribution is 2.35. The third-order valence-electron chi connectivity index (χ3n) is 2.80. The molecule has 0 aliphatic carbocycles. The van der Waals surface area contributed by atoms with Crippen LogP contribution in [0.4, 0.5) is 0 Å². The van der Waals surface area contributed by atoms with Gasteiger partial charge in [-0.15, -0.1) is 0 Å². The molecule has 18 heavy (non-hydrogen) atoms. The van der Waals surface area contributed by atoms with E-state index in [1.807, 2.05) is 18.2 Å². The summed E-state index contributed by atoms with van der Waals surface area (Å²) in [6.07, 6.45) is 1.91. The van der Waals surface area contributed by atoms with Crippen LogP contribution in [0, 0.1) is 0 Å². The van der Waals surface area contributed by atoms with Crippen molar-refractivity contribution in [3.63, 3.8) is 0 Å². The Morgan fingerprint density at radius 1 is 1.39 bits per heavy atom. The predicted molar refractivity (Wildman–Crippen MR) is 67.6 cm³/mol. The maximum atomic E-state index is 11.6. The summed E-state index contributed by atoms with van der Waals surface area (Å²) in [7, 11) is 0. The Labute approximate surface area is 106 Å². The number of benzene rings is 1. The molecule has 0 spiro atoms. The van der Waals surface area contributed by atoms with Crippen LogP contribution in [0.5, 0.6) is 11.5 Å². The molecule has 5 heteroatoms. The van der Waals surface area contributed by atoms with Gasteiger partial charge in [0.05, 0.1) is 0 Å². The van der Waals surface area contributed by atoms with Crippen molar-refractivity contribution in [2.45, 2.75) is 19.3 Å². The van der Waals surface area contributed by atoms with Crippen molar-refractivity contribution < 1.29 is 14.3 Å². The molecule has 0 radical (unpaired) electrons. The van der Waals surface area contributed by atoms with Gasteiger partial charge in [0.25, 0.3) is 0 Å². The van der Waals surface area contributed by atoms with E-state index < -0.39 is 0 Å². The van der Waals surface area contributed by atoms with Gasteiger partial charge in [-0.05, 0) is 31.0 Å². The molecule has 0 unspecified atom stereocenters. The number of aryl methyl sites for hydroxylation is 1. The van der Waals surface area contributed by atoms with E-state index in [9.17, 15) is 4.79 Å². The molecule has 98 valence electrons. The van der Waals surface area contributed by atoms with E-state index in [1.165, 1.54) is 0 Å². The lowest BCUT2D eigenvalue weighted by atomic mass is 10.1. The molecule has 5 nitrogen and oxygen atoms in total. The molecule has 2 rings (SSSR count). The van der Waals surface area contributed by atoms with Crippen LogP contribution in [0.1, 0.15) is 18.4 Å². The van der Waals surface area contributed by atoms with E-state index in [0.717, 1.165) is 23.5 Å². The average molecular weight is 250 g/mol. The second kappa shape index (κ2) is 6.26. The minimum atomic E-state index is 0.0416. The molecular weight excluding hydrogens is 232 g/mol. The Balaban J connectivity index is 1.83. The number of rotatable bonds is 6. The average Bonchev–Trinajstić information content (AvgIpc) is 2.85. The van der Waals surface area contributed by atoms with Crippen molar-refractivity contribution in [1.82, 2.24) is 5.32 Å². The lowest BCUT2D eigenvalue weighted by Gasteiger charge is -2.06. The Hall–Kier alpha value is -1.75. The van der Waals surface area contributed by atoms with Crippen LogP contribution in [0.15, 0.2) is 18.2 Å². The number of fused-ring (bicyclic) bond motifs is 1. The largest absolute Gasteiger partial charge is 0.454 e. The highest BCUT2D eigenvalue weighted by Gasteiger charge is 2.17. The minimum Gasteiger partial charge on any atom is -0.454 e. The van der Waals surface area contributed by atoms with Gasteiger partial charge in [-0.25, -0.2) is 0 Å². The van der Waals surface area contributed by atoms with Crippen molar-refractivity contribution in [1.29, 1.82) is 0 Å². The first-order valence-corrected chi connectivity index (χ1v) is 6.15. The molecule has 0 atom stereocenters. The number of para-hydroxylation sites is 1. The molecule has 1 aliphatic heterocycles. The van der Waals surface area contributed by atoms with Crippen LogP contribution in [0.25, 0.3) is 0 Å². The molecule has 1 amide bonds. The van der Waals surface area contributed by atoms with Crippen LogP contribution in [-0.4, -0.2) is 25.8 Å². The van der Waals surface area contributed by atoms with Crippen LogP contribution < -0.4 is 20.5 Å². The van der Waals surface area contributed by atoms with E-state index >= 15 is 0 Å². The summed E-state index contributed by atoms with van der Waals surface area (Å²) in [6, 6.07) is 5.74. The number of amides is 1. The SMILES string of the molecule is NCCCNC(=O)CCc1cccc2c1OCO2. The Morgan fingerprint density at radius 2 is 2.28 bits per heavy atom. The molecule has 0 saturated heterocycles. The second-order valence-corrected chi connectivity index (χ2v) is 4.14. The molecule has 1 heterocycles. The van der Waals surface area contributed by atoms with Gasteiger partial charge in [0.15, 0.2) is 11.5 Å². The van der Waals surface area contributed by atoms with Crippen molar-refractivity contribution >= 4 is 5.91 Å². The number of ether oxygens (including phenoxy) is 2. The molecule has 1 aliphatic rings. The van der Waals surface area contributed by atoms with Gasteiger partial charge in [0.1, 0.15) is 0 Å². The zero-order chi connectivity index (χ0) is 12.8. The highest BCUT2D eigenvalue weighted by molar-refractivity contribution is 5.76. The topological polar surface area (TPSA) is 73.6 Å². The lowest BCUT2D eigenvalue weighted by molar-refractivity contribution is -0.121. The highest BCUT2D eigenvalue weighted by atomic mass is 16.7. The predicted octanol–water partition coefficient (Wildman–Crippen LogP) is 0.813. The van der Waals surface area contributed by atoms with Crippen LogP contribution in [0.2, 0.25) is 0 Å². The van der Waals surface area contributed by atoms with Crippen molar-refractivity contribution in [2.24, 2.45) is 5.73 Å². The summed E-state index contributed by atoms with van der Waals surface area (Å²) in [5.74, 6) is 1.57.